The molecule has 0 saturated heterocycles. The second-order valence-electron chi connectivity index (χ2n) is 5.90. The van der Waals surface area contributed by atoms with E-state index in [1.54, 1.807) is 0 Å². The number of hydrogen-bond acceptors (Lipinski definition) is 2. The molecule has 3 heteroatoms. The molecule has 0 spiro atoms. The monoisotopic (exact) mass is 305 g/mol. The van der Waals surface area contributed by atoms with Gasteiger partial charge in [-0.2, -0.15) is 4.99 Å². The highest BCUT2D eigenvalue weighted by atomic mass is 16.5. The molecule has 3 nitrogen and oxygen atoms in total. The van der Waals surface area contributed by atoms with Crippen molar-refractivity contribution in [3.63, 3.8) is 0 Å². The quantitative estimate of drug-likeness (QED) is 0.943. The van der Waals surface area contributed by atoms with Gasteiger partial charge in [-0.15, -0.1) is 0 Å². The Labute approximate surface area is 136 Å². The Kier molecular flexibility index (Phi) is 3.50. The van der Waals surface area contributed by atoms with E-state index in [4.69, 9.17) is 4.74 Å². The van der Waals surface area contributed by atoms with Gasteiger partial charge in [-0.1, -0.05) is 44.2 Å². The van der Waals surface area contributed by atoms with Crippen LogP contribution in [0.3, 0.4) is 0 Å². The van der Waals surface area contributed by atoms with Crippen molar-refractivity contribution in [2.45, 2.75) is 19.9 Å². The van der Waals surface area contributed by atoms with Crippen LogP contribution in [0.1, 0.15) is 13.8 Å². The number of likely N-dealkylation sites (N-methyl/N-ethyl adjacent to an activating group) is 1. The summed E-state index contributed by atoms with van der Waals surface area (Å²) >= 11 is 0. The van der Waals surface area contributed by atoms with Crippen LogP contribution in [0.15, 0.2) is 60.4 Å². The molecule has 4 rings (SSSR count). The molecule has 0 saturated carbocycles. The summed E-state index contributed by atoms with van der Waals surface area (Å²) < 4.78 is 6.20. The molecule has 1 aliphatic heterocycles. The van der Waals surface area contributed by atoms with Crippen molar-refractivity contribution < 1.29 is 9.73 Å². The second kappa shape index (κ2) is 5.67. The molecule has 2 aromatic carbocycles. The molecule has 1 heterocycles. The van der Waals surface area contributed by atoms with Crippen LogP contribution >= 0.6 is 0 Å². The lowest BCUT2D eigenvalue weighted by Gasteiger charge is -2.27. The zero-order valence-corrected chi connectivity index (χ0v) is 13.5. The van der Waals surface area contributed by atoms with Crippen molar-refractivity contribution in [1.29, 1.82) is 0 Å². The lowest BCUT2D eigenvalue weighted by molar-refractivity contribution is -0.355. The van der Waals surface area contributed by atoms with Crippen LogP contribution in [0, 0.1) is 0 Å². The third kappa shape index (κ3) is 2.37. The normalized spacial score (nSPS) is 19.0. The van der Waals surface area contributed by atoms with Gasteiger partial charge in [-0.05, 0) is 36.7 Å². The third-order valence-corrected chi connectivity index (χ3v) is 4.65. The number of allylic oxidation sites excluding steroid dienone is 1. The lowest BCUT2D eigenvalue weighted by atomic mass is 10.0. The van der Waals surface area contributed by atoms with Crippen molar-refractivity contribution in [3.05, 3.63) is 60.4 Å². The number of nitrogens with zero attached hydrogens (tertiary/aromatic N) is 1. The average molecular weight is 305 g/mol. The van der Waals surface area contributed by atoms with Crippen molar-refractivity contribution in [3.8, 4) is 5.75 Å². The molecule has 0 aromatic heterocycles. The van der Waals surface area contributed by atoms with Gasteiger partial charge in [-0.3, -0.25) is 4.90 Å². The molecule has 23 heavy (non-hydrogen) atoms. The third-order valence-electron chi connectivity index (χ3n) is 4.65. The van der Waals surface area contributed by atoms with Gasteiger partial charge in [0.15, 0.2) is 11.5 Å². The maximum atomic E-state index is 6.20. The van der Waals surface area contributed by atoms with Gasteiger partial charge in [0.25, 0.3) is 5.69 Å². The van der Waals surface area contributed by atoms with Gasteiger partial charge in [0.1, 0.15) is 0 Å². The highest BCUT2D eigenvalue weighted by Crippen LogP contribution is 2.33. The summed E-state index contributed by atoms with van der Waals surface area (Å²) in [6.45, 7) is 6.44. The molecule has 0 amide bonds. The van der Waals surface area contributed by atoms with E-state index >= 15 is 0 Å². The highest BCUT2D eigenvalue weighted by Gasteiger charge is 2.29. The predicted octanol–water partition coefficient (Wildman–Crippen LogP) is 2.55. The minimum Gasteiger partial charge on any atom is -0.444 e. The van der Waals surface area contributed by atoms with Gasteiger partial charge in [0.05, 0.1) is 11.4 Å². The lowest BCUT2D eigenvalue weighted by Crippen LogP contribution is -2.69. The number of nitrogens with one attached hydrogen (secondary N) is 1. The summed E-state index contributed by atoms with van der Waals surface area (Å²) in [6.07, 6.45) is 6.58. The molecule has 1 N–H and O–H groups in total. The molecular formula is C20H21N2O+. The van der Waals surface area contributed by atoms with Crippen molar-refractivity contribution in [2.24, 2.45) is 0 Å². The number of rotatable bonds is 3. The fraction of sp³-hybridized carbons (Fsp3) is 0.250. The topological polar surface area (TPSA) is 26.4 Å². The minimum atomic E-state index is 0.299. The van der Waals surface area contributed by atoms with Gasteiger partial charge >= 0.3 is 0 Å². The molecule has 2 aromatic rings. The molecule has 1 atom stereocenters. The molecular weight excluding hydrogens is 284 g/mol. The summed E-state index contributed by atoms with van der Waals surface area (Å²) in [6, 6.07) is 12.8. The summed E-state index contributed by atoms with van der Waals surface area (Å²) in [5.74, 6) is 1.82. The Morgan fingerprint density at radius 3 is 2.74 bits per heavy atom. The van der Waals surface area contributed by atoms with E-state index in [9.17, 15) is 0 Å². The molecule has 1 unspecified atom stereocenters. The Hall–Kier alpha value is -2.39. The minimum absolute atomic E-state index is 0.299. The predicted molar refractivity (Wildman–Crippen MR) is 94.1 cm³/mol. The number of ether oxygens (including phenoxy) is 1. The summed E-state index contributed by atoms with van der Waals surface area (Å²) in [5.41, 5.74) is 2.10. The van der Waals surface area contributed by atoms with E-state index in [0.717, 1.165) is 36.0 Å². The summed E-state index contributed by atoms with van der Waals surface area (Å²) in [4.78, 5) is 5.96. The SMILES string of the molecule is CCN(CC)C1C=CC2=[NH+]c3c(ccc4ccccc34)OC2=C1. The van der Waals surface area contributed by atoms with Crippen molar-refractivity contribution >= 4 is 22.2 Å². The van der Waals surface area contributed by atoms with Crippen LogP contribution in [-0.4, -0.2) is 29.7 Å². The van der Waals surface area contributed by atoms with Gasteiger partial charge in [-0.25, -0.2) is 0 Å². The van der Waals surface area contributed by atoms with E-state index < -0.39 is 0 Å². The Morgan fingerprint density at radius 1 is 1.09 bits per heavy atom. The molecule has 1 aliphatic carbocycles. The second-order valence-corrected chi connectivity index (χ2v) is 5.90. The molecule has 0 radical (unpaired) electrons. The summed E-state index contributed by atoms with van der Waals surface area (Å²) in [5, 5.41) is 2.41. The van der Waals surface area contributed by atoms with Crippen LogP contribution < -0.4 is 9.73 Å². The Bertz CT molecular complexity index is 844. The maximum absolute atomic E-state index is 6.20. The maximum Gasteiger partial charge on any atom is 0.255 e. The van der Waals surface area contributed by atoms with E-state index in [0.29, 0.717) is 6.04 Å². The first kappa shape index (κ1) is 14.2. The smallest absolute Gasteiger partial charge is 0.255 e. The van der Waals surface area contributed by atoms with Gasteiger partial charge in [0.2, 0.25) is 5.71 Å². The zero-order valence-electron chi connectivity index (χ0n) is 13.5. The molecule has 2 aliphatic rings. The van der Waals surface area contributed by atoms with E-state index in [1.165, 1.54) is 10.8 Å². The van der Waals surface area contributed by atoms with E-state index in [2.05, 4.69) is 72.3 Å². The van der Waals surface area contributed by atoms with Crippen LogP contribution in [0.5, 0.6) is 5.75 Å². The Morgan fingerprint density at radius 2 is 1.91 bits per heavy atom. The first-order chi connectivity index (χ1) is 11.3. The molecule has 0 fully saturated rings. The van der Waals surface area contributed by atoms with Crippen molar-refractivity contribution in [2.75, 3.05) is 13.1 Å². The first-order valence-electron chi connectivity index (χ1n) is 8.28. The molecule has 116 valence electrons. The van der Waals surface area contributed by atoms with Crippen LogP contribution in [-0.2, 0) is 0 Å². The van der Waals surface area contributed by atoms with Gasteiger partial charge < -0.3 is 4.74 Å². The van der Waals surface area contributed by atoms with Crippen molar-refractivity contribution in [1.82, 2.24) is 4.90 Å². The van der Waals surface area contributed by atoms with Crippen LogP contribution in [0.25, 0.3) is 10.8 Å². The first-order valence-corrected chi connectivity index (χ1v) is 8.28. The van der Waals surface area contributed by atoms with Gasteiger partial charge in [0, 0.05) is 6.08 Å². The fourth-order valence-electron chi connectivity index (χ4n) is 3.36. The number of fused-ring (bicyclic) bond motifs is 4. The van der Waals surface area contributed by atoms with Crippen LogP contribution in [0.4, 0.5) is 5.69 Å². The van der Waals surface area contributed by atoms with Crippen LogP contribution in [0.2, 0.25) is 0 Å². The molecule has 0 bridgehead atoms. The number of benzene rings is 2. The van der Waals surface area contributed by atoms with E-state index in [1.807, 2.05) is 6.07 Å². The standard InChI is InChI=1S/C20H20N2O/c1-3-22(4-2)15-10-11-17-19(13-15)23-18-12-9-14-7-5-6-8-16(14)20(18)21-17/h5-13,15H,3-4H2,1-2H3/p+1. The largest absolute Gasteiger partial charge is 0.444 e. The highest BCUT2D eigenvalue weighted by molar-refractivity contribution is 6.07. The fourth-order valence-corrected chi connectivity index (χ4v) is 3.36. The number of hydrogen-bond donors (Lipinski definition) is 1. The van der Waals surface area contributed by atoms with E-state index in [-0.39, 0.29) is 0 Å². The summed E-state index contributed by atoms with van der Waals surface area (Å²) in [7, 11) is 0. The Balaban J connectivity index is 1.78. The zero-order chi connectivity index (χ0) is 15.8. The average Bonchev–Trinajstić information content (AvgIpc) is 2.61.